The van der Waals surface area contributed by atoms with Gasteiger partial charge < -0.3 is 5.73 Å². The summed E-state index contributed by atoms with van der Waals surface area (Å²) in [7, 11) is 0. The minimum Gasteiger partial charge on any atom is -0.397 e. The van der Waals surface area contributed by atoms with E-state index >= 15 is 0 Å². The second kappa shape index (κ2) is 3.46. The minimum absolute atomic E-state index is 0.0658. The van der Waals surface area contributed by atoms with Crippen LogP contribution in [0, 0.1) is 20.2 Å². The first kappa shape index (κ1) is 10.2. The first-order valence-corrected chi connectivity index (χ1v) is 3.69. The number of benzene rings is 1. The molecule has 74 valence electrons. The van der Waals surface area contributed by atoms with Crippen LogP contribution in [-0.2, 0) is 0 Å². The van der Waals surface area contributed by atoms with Crippen LogP contribution in [0.4, 0.5) is 17.1 Å². The normalized spacial score (nSPS) is 9.79. The second-order valence-corrected chi connectivity index (χ2v) is 2.78. The molecule has 1 aromatic rings. The number of hydrogen-bond donors (Lipinski definition) is 1. The van der Waals surface area contributed by atoms with Crippen LogP contribution in [-0.4, -0.2) is 9.85 Å². The van der Waals surface area contributed by atoms with Crippen LogP contribution in [0.2, 0.25) is 5.02 Å². The Morgan fingerprint density at radius 3 is 2.00 bits per heavy atom. The number of nitrogens with two attached hydrogens (primary N) is 1. The average Bonchev–Trinajstić information content (AvgIpc) is 2.08. The molecule has 14 heavy (non-hydrogen) atoms. The zero-order valence-electron chi connectivity index (χ0n) is 6.64. The molecule has 1 aromatic carbocycles. The van der Waals surface area contributed by atoms with E-state index in [0.717, 1.165) is 12.1 Å². The van der Waals surface area contributed by atoms with Crippen molar-refractivity contribution in [1.82, 2.24) is 0 Å². The van der Waals surface area contributed by atoms with Crippen molar-refractivity contribution >= 4 is 28.7 Å². The van der Waals surface area contributed by atoms with Gasteiger partial charge in [0.1, 0.15) is 0 Å². The Morgan fingerprint density at radius 1 is 1.14 bits per heavy atom. The highest BCUT2D eigenvalue weighted by Crippen LogP contribution is 2.33. The van der Waals surface area contributed by atoms with Gasteiger partial charge in [0.15, 0.2) is 0 Å². The Morgan fingerprint density at radius 2 is 1.57 bits per heavy atom. The molecular formula is C6H4ClN3O4. The van der Waals surface area contributed by atoms with Gasteiger partial charge in [-0.2, -0.15) is 0 Å². The van der Waals surface area contributed by atoms with Crippen molar-refractivity contribution in [3.63, 3.8) is 0 Å². The molecule has 0 aliphatic carbocycles. The van der Waals surface area contributed by atoms with Gasteiger partial charge in [0, 0.05) is 12.1 Å². The molecule has 0 bridgehead atoms. The van der Waals surface area contributed by atoms with Crippen LogP contribution in [0.1, 0.15) is 0 Å². The number of halogens is 1. The van der Waals surface area contributed by atoms with Crippen molar-refractivity contribution in [2.45, 2.75) is 0 Å². The molecule has 7 nitrogen and oxygen atoms in total. The van der Waals surface area contributed by atoms with Crippen LogP contribution < -0.4 is 5.73 Å². The monoisotopic (exact) mass is 217 g/mol. The lowest BCUT2D eigenvalue weighted by Crippen LogP contribution is -1.98. The molecule has 0 saturated heterocycles. The summed E-state index contributed by atoms with van der Waals surface area (Å²) in [6.45, 7) is 0. The Bertz CT molecular complexity index is 381. The molecule has 0 amide bonds. The third-order valence-corrected chi connectivity index (χ3v) is 1.81. The highest BCUT2D eigenvalue weighted by Gasteiger charge is 2.25. The molecule has 0 saturated carbocycles. The van der Waals surface area contributed by atoms with E-state index in [0.29, 0.717) is 0 Å². The molecule has 0 aliphatic heterocycles. The molecule has 8 heteroatoms. The molecule has 0 unspecified atom stereocenters. The van der Waals surface area contributed by atoms with Gasteiger partial charge in [-0.15, -0.1) is 0 Å². The summed E-state index contributed by atoms with van der Waals surface area (Å²) in [5.74, 6) is 0. The third kappa shape index (κ3) is 1.72. The van der Waals surface area contributed by atoms with Crippen LogP contribution in [0.15, 0.2) is 12.1 Å². The fourth-order valence-corrected chi connectivity index (χ4v) is 1.02. The standard InChI is InChI=1S/C6H4ClN3O4/c7-3-1-5(9(11)12)6(10(13)14)2-4(3)8/h1-2H,8H2. The predicted octanol–water partition coefficient (Wildman–Crippen LogP) is 1.74. The lowest BCUT2D eigenvalue weighted by molar-refractivity contribution is -0.422. The molecule has 0 atom stereocenters. The summed E-state index contributed by atoms with van der Waals surface area (Å²) in [6, 6.07) is 1.72. The van der Waals surface area contributed by atoms with Gasteiger partial charge in [-0.3, -0.25) is 20.2 Å². The quantitative estimate of drug-likeness (QED) is 0.460. The number of nitro groups is 2. The van der Waals surface area contributed by atoms with Gasteiger partial charge in [-0.1, -0.05) is 11.6 Å². The van der Waals surface area contributed by atoms with E-state index in [2.05, 4.69) is 0 Å². The summed E-state index contributed by atoms with van der Waals surface area (Å²) in [5.41, 5.74) is 3.86. The molecule has 0 fully saturated rings. The Hall–Kier alpha value is -1.89. The van der Waals surface area contributed by atoms with E-state index in [1.807, 2.05) is 0 Å². The predicted molar refractivity (Wildman–Crippen MR) is 49.2 cm³/mol. The molecular weight excluding hydrogens is 214 g/mol. The number of hydrogen-bond acceptors (Lipinski definition) is 5. The topological polar surface area (TPSA) is 112 Å². The fraction of sp³-hybridized carbons (Fsp3) is 0. The summed E-state index contributed by atoms with van der Waals surface area (Å²) in [6.07, 6.45) is 0. The largest absolute Gasteiger partial charge is 0.397 e. The van der Waals surface area contributed by atoms with Gasteiger partial charge in [-0.05, 0) is 0 Å². The van der Waals surface area contributed by atoms with E-state index in [1.54, 1.807) is 0 Å². The average molecular weight is 218 g/mol. The first-order chi connectivity index (χ1) is 6.43. The number of rotatable bonds is 2. The van der Waals surface area contributed by atoms with E-state index < -0.39 is 21.2 Å². The minimum atomic E-state index is -0.885. The van der Waals surface area contributed by atoms with Crippen LogP contribution in [0.5, 0.6) is 0 Å². The number of nitro benzene ring substituents is 2. The van der Waals surface area contributed by atoms with Crippen molar-refractivity contribution in [2.75, 3.05) is 5.73 Å². The van der Waals surface area contributed by atoms with Crippen molar-refractivity contribution in [3.05, 3.63) is 37.4 Å². The van der Waals surface area contributed by atoms with E-state index in [-0.39, 0.29) is 10.7 Å². The highest BCUT2D eigenvalue weighted by molar-refractivity contribution is 6.33. The summed E-state index contributed by atoms with van der Waals surface area (Å²) in [5, 5.41) is 20.7. The van der Waals surface area contributed by atoms with E-state index in [4.69, 9.17) is 17.3 Å². The zero-order chi connectivity index (χ0) is 10.9. The third-order valence-electron chi connectivity index (χ3n) is 1.49. The Balaban J connectivity index is 3.46. The van der Waals surface area contributed by atoms with Crippen LogP contribution >= 0.6 is 11.6 Å². The summed E-state index contributed by atoms with van der Waals surface area (Å²) in [4.78, 5) is 19.0. The van der Waals surface area contributed by atoms with Crippen LogP contribution in [0.25, 0.3) is 0 Å². The zero-order valence-corrected chi connectivity index (χ0v) is 7.39. The molecule has 0 spiro atoms. The SMILES string of the molecule is Nc1cc([N+](=O)[O-])c([N+](=O)[O-])cc1Cl. The van der Waals surface area contributed by atoms with Crippen molar-refractivity contribution in [3.8, 4) is 0 Å². The van der Waals surface area contributed by atoms with Gasteiger partial charge in [0.25, 0.3) is 0 Å². The van der Waals surface area contributed by atoms with Crippen molar-refractivity contribution in [2.24, 2.45) is 0 Å². The molecule has 0 radical (unpaired) electrons. The molecule has 0 aromatic heterocycles. The van der Waals surface area contributed by atoms with Crippen LogP contribution in [0.3, 0.4) is 0 Å². The molecule has 1 rings (SSSR count). The second-order valence-electron chi connectivity index (χ2n) is 2.38. The maximum atomic E-state index is 10.4. The van der Waals surface area contributed by atoms with E-state index in [1.165, 1.54) is 0 Å². The molecule has 0 heterocycles. The maximum absolute atomic E-state index is 10.4. The maximum Gasteiger partial charge on any atom is 0.348 e. The number of anilines is 1. The van der Waals surface area contributed by atoms with Gasteiger partial charge in [0.2, 0.25) is 0 Å². The van der Waals surface area contributed by atoms with Gasteiger partial charge >= 0.3 is 11.4 Å². The van der Waals surface area contributed by atoms with Gasteiger partial charge in [-0.25, -0.2) is 0 Å². The van der Waals surface area contributed by atoms with Gasteiger partial charge in [0.05, 0.1) is 20.6 Å². The number of nitrogens with zero attached hydrogens (tertiary/aromatic N) is 2. The van der Waals surface area contributed by atoms with Crippen molar-refractivity contribution in [1.29, 1.82) is 0 Å². The lowest BCUT2D eigenvalue weighted by atomic mass is 10.2. The molecule has 2 N–H and O–H groups in total. The molecule has 0 aliphatic rings. The highest BCUT2D eigenvalue weighted by atomic mass is 35.5. The number of nitrogen functional groups attached to an aromatic ring is 1. The Kier molecular flexibility index (Phi) is 2.52. The Labute approximate surface area is 82.4 Å². The first-order valence-electron chi connectivity index (χ1n) is 3.31. The van der Waals surface area contributed by atoms with Crippen molar-refractivity contribution < 1.29 is 9.85 Å². The lowest BCUT2D eigenvalue weighted by Gasteiger charge is -1.98. The van der Waals surface area contributed by atoms with E-state index in [9.17, 15) is 20.2 Å². The fourth-order valence-electron chi connectivity index (χ4n) is 0.860. The summed E-state index contributed by atoms with van der Waals surface area (Å²) >= 11 is 5.48. The summed E-state index contributed by atoms with van der Waals surface area (Å²) < 4.78 is 0. The smallest absolute Gasteiger partial charge is 0.348 e.